The van der Waals surface area contributed by atoms with Crippen LogP contribution in [-0.2, 0) is 6.54 Å². The van der Waals surface area contributed by atoms with E-state index in [-0.39, 0.29) is 0 Å². The lowest BCUT2D eigenvalue weighted by atomic mass is 10.1. The molecule has 5 aromatic rings. The largest absolute Gasteiger partial charge is 0.341 e. The zero-order valence-corrected chi connectivity index (χ0v) is 17.8. The maximum atomic E-state index is 2.40. The standard InChI is InChI=1S/C28H26N2/c1-4-29-27-14-6-5-13-25(27)26-19-24(15-16-28(26)29)30(22-11-7-9-20(2)17-22)23-12-8-10-21(3)18-23/h5-19H,4H2,1-3H3. The minimum absolute atomic E-state index is 0.961. The third-order valence-corrected chi connectivity index (χ3v) is 5.85. The van der Waals surface area contributed by atoms with Gasteiger partial charge in [-0.3, -0.25) is 0 Å². The highest BCUT2D eigenvalue weighted by molar-refractivity contribution is 6.09. The van der Waals surface area contributed by atoms with Gasteiger partial charge in [-0.05, 0) is 80.4 Å². The van der Waals surface area contributed by atoms with E-state index in [1.54, 1.807) is 0 Å². The first-order chi connectivity index (χ1) is 14.7. The van der Waals surface area contributed by atoms with Crippen LogP contribution in [0.5, 0.6) is 0 Å². The molecule has 148 valence electrons. The summed E-state index contributed by atoms with van der Waals surface area (Å²) in [6, 6.07) is 33.0. The number of para-hydroxylation sites is 1. The third kappa shape index (κ3) is 3.05. The molecule has 0 spiro atoms. The second kappa shape index (κ2) is 7.38. The zero-order chi connectivity index (χ0) is 20.7. The average Bonchev–Trinajstić information content (AvgIpc) is 3.07. The van der Waals surface area contributed by atoms with Gasteiger partial charge in [-0.15, -0.1) is 0 Å². The molecule has 2 nitrogen and oxygen atoms in total. The van der Waals surface area contributed by atoms with Crippen LogP contribution >= 0.6 is 0 Å². The van der Waals surface area contributed by atoms with Crippen molar-refractivity contribution in [2.45, 2.75) is 27.3 Å². The van der Waals surface area contributed by atoms with Gasteiger partial charge >= 0.3 is 0 Å². The Labute approximate surface area is 178 Å². The highest BCUT2D eigenvalue weighted by Gasteiger charge is 2.16. The van der Waals surface area contributed by atoms with E-state index in [0.29, 0.717) is 0 Å². The molecule has 0 aliphatic carbocycles. The number of hydrogen-bond donors (Lipinski definition) is 0. The van der Waals surface area contributed by atoms with E-state index >= 15 is 0 Å². The molecule has 0 saturated carbocycles. The van der Waals surface area contributed by atoms with Crippen LogP contribution in [-0.4, -0.2) is 4.57 Å². The van der Waals surface area contributed by atoms with Gasteiger partial charge in [0, 0.05) is 45.4 Å². The molecule has 0 radical (unpaired) electrons. The summed E-state index contributed by atoms with van der Waals surface area (Å²) in [5.74, 6) is 0. The number of aromatic nitrogens is 1. The normalized spacial score (nSPS) is 11.3. The summed E-state index contributed by atoms with van der Waals surface area (Å²) >= 11 is 0. The Hall–Kier alpha value is -3.52. The fourth-order valence-electron chi connectivity index (χ4n) is 4.50. The lowest BCUT2D eigenvalue weighted by Gasteiger charge is -2.26. The van der Waals surface area contributed by atoms with Crippen molar-refractivity contribution in [3.05, 3.63) is 102 Å². The van der Waals surface area contributed by atoms with Crippen molar-refractivity contribution in [2.24, 2.45) is 0 Å². The monoisotopic (exact) mass is 390 g/mol. The molecule has 4 aromatic carbocycles. The van der Waals surface area contributed by atoms with Crippen molar-refractivity contribution in [1.29, 1.82) is 0 Å². The molecule has 1 heterocycles. The number of benzene rings is 4. The second-order valence-electron chi connectivity index (χ2n) is 7.98. The molecule has 0 saturated heterocycles. The summed E-state index contributed by atoms with van der Waals surface area (Å²) in [4.78, 5) is 2.36. The van der Waals surface area contributed by atoms with Gasteiger partial charge in [-0.25, -0.2) is 0 Å². The van der Waals surface area contributed by atoms with Crippen LogP contribution in [0.25, 0.3) is 21.8 Å². The Morgan fingerprint density at radius 3 is 1.83 bits per heavy atom. The number of nitrogens with zero attached hydrogens (tertiary/aromatic N) is 2. The number of rotatable bonds is 4. The number of anilines is 3. The van der Waals surface area contributed by atoms with Gasteiger partial charge in [0.15, 0.2) is 0 Å². The van der Waals surface area contributed by atoms with Gasteiger partial charge in [0.2, 0.25) is 0 Å². The molecule has 0 amide bonds. The van der Waals surface area contributed by atoms with E-state index in [9.17, 15) is 0 Å². The predicted octanol–water partition coefficient (Wildman–Crippen LogP) is 7.90. The van der Waals surface area contributed by atoms with Crippen LogP contribution < -0.4 is 4.90 Å². The molecule has 30 heavy (non-hydrogen) atoms. The van der Waals surface area contributed by atoms with E-state index < -0.39 is 0 Å². The van der Waals surface area contributed by atoms with Crippen LogP contribution in [0, 0.1) is 13.8 Å². The number of aryl methyl sites for hydroxylation is 3. The predicted molar refractivity (Wildman–Crippen MR) is 129 cm³/mol. The summed E-state index contributed by atoms with van der Waals surface area (Å²) in [7, 11) is 0. The van der Waals surface area contributed by atoms with Crippen molar-refractivity contribution in [3.63, 3.8) is 0 Å². The van der Waals surface area contributed by atoms with E-state index in [1.807, 2.05) is 0 Å². The van der Waals surface area contributed by atoms with Crippen LogP contribution in [0.4, 0.5) is 17.1 Å². The molecule has 0 N–H and O–H groups in total. The fraction of sp³-hybridized carbons (Fsp3) is 0.143. The first-order valence-corrected chi connectivity index (χ1v) is 10.6. The zero-order valence-electron chi connectivity index (χ0n) is 17.8. The van der Waals surface area contributed by atoms with E-state index in [4.69, 9.17) is 0 Å². The van der Waals surface area contributed by atoms with Crippen LogP contribution in [0.3, 0.4) is 0 Å². The van der Waals surface area contributed by atoms with E-state index in [0.717, 1.165) is 6.54 Å². The highest BCUT2D eigenvalue weighted by Crippen LogP contribution is 2.38. The smallest absolute Gasteiger partial charge is 0.0492 e. The van der Waals surface area contributed by atoms with Gasteiger partial charge in [-0.2, -0.15) is 0 Å². The summed E-state index contributed by atoms with van der Waals surface area (Å²) < 4.78 is 2.40. The summed E-state index contributed by atoms with van der Waals surface area (Å²) in [6.07, 6.45) is 0. The minimum Gasteiger partial charge on any atom is -0.341 e. The molecule has 1 aromatic heterocycles. The Bertz CT molecular complexity index is 1310. The maximum Gasteiger partial charge on any atom is 0.0492 e. The molecular formula is C28H26N2. The van der Waals surface area contributed by atoms with Crippen LogP contribution in [0.2, 0.25) is 0 Å². The Balaban J connectivity index is 1.78. The van der Waals surface area contributed by atoms with Gasteiger partial charge in [0.05, 0.1) is 0 Å². The van der Waals surface area contributed by atoms with Gasteiger partial charge in [-0.1, -0.05) is 42.5 Å². The maximum absolute atomic E-state index is 2.40. The van der Waals surface area contributed by atoms with Crippen molar-refractivity contribution < 1.29 is 0 Å². The Morgan fingerprint density at radius 2 is 1.20 bits per heavy atom. The SMILES string of the molecule is CCn1c2ccccc2c2cc(N(c3cccc(C)c3)c3cccc(C)c3)ccc21. The van der Waals surface area contributed by atoms with Crippen LogP contribution in [0.1, 0.15) is 18.1 Å². The molecule has 0 bridgehead atoms. The van der Waals surface area contributed by atoms with Crippen molar-refractivity contribution in [3.8, 4) is 0 Å². The molecule has 0 aliphatic rings. The van der Waals surface area contributed by atoms with Crippen molar-refractivity contribution in [1.82, 2.24) is 4.57 Å². The highest BCUT2D eigenvalue weighted by atomic mass is 15.1. The molecule has 5 rings (SSSR count). The van der Waals surface area contributed by atoms with Crippen molar-refractivity contribution in [2.75, 3.05) is 4.90 Å². The molecular weight excluding hydrogens is 364 g/mol. The first kappa shape index (κ1) is 18.5. The second-order valence-corrected chi connectivity index (χ2v) is 7.98. The Kier molecular flexibility index (Phi) is 4.55. The fourth-order valence-corrected chi connectivity index (χ4v) is 4.50. The van der Waals surface area contributed by atoms with Crippen LogP contribution in [0.15, 0.2) is 91.0 Å². The lowest BCUT2D eigenvalue weighted by molar-refractivity contribution is 0.827. The summed E-state index contributed by atoms with van der Waals surface area (Å²) in [5.41, 5.74) is 8.64. The van der Waals surface area contributed by atoms with Gasteiger partial charge < -0.3 is 9.47 Å². The molecule has 0 atom stereocenters. The van der Waals surface area contributed by atoms with E-state index in [2.05, 4.69) is 121 Å². The number of fused-ring (bicyclic) bond motifs is 3. The average molecular weight is 391 g/mol. The summed E-state index contributed by atoms with van der Waals surface area (Å²) in [5, 5.41) is 2.61. The lowest BCUT2D eigenvalue weighted by Crippen LogP contribution is -2.10. The topological polar surface area (TPSA) is 8.17 Å². The molecule has 0 fully saturated rings. The van der Waals surface area contributed by atoms with Gasteiger partial charge in [0.25, 0.3) is 0 Å². The molecule has 2 heteroatoms. The van der Waals surface area contributed by atoms with E-state index in [1.165, 1.54) is 50.0 Å². The molecule has 0 aliphatic heterocycles. The third-order valence-electron chi connectivity index (χ3n) is 5.85. The van der Waals surface area contributed by atoms with Gasteiger partial charge in [0.1, 0.15) is 0 Å². The van der Waals surface area contributed by atoms with Crippen molar-refractivity contribution >= 4 is 38.9 Å². The molecule has 0 unspecified atom stereocenters. The summed E-state index contributed by atoms with van der Waals surface area (Å²) in [6.45, 7) is 7.47. The quantitative estimate of drug-likeness (QED) is 0.303. The first-order valence-electron chi connectivity index (χ1n) is 10.6. The number of hydrogen-bond acceptors (Lipinski definition) is 1. The Morgan fingerprint density at radius 1 is 0.600 bits per heavy atom. The minimum atomic E-state index is 0.961.